The number of carbonyl (C=O) groups excluding carboxylic acids is 1. The van der Waals surface area contributed by atoms with Crippen LogP contribution in [0.2, 0.25) is 0 Å². The molecule has 0 aromatic carbocycles. The van der Waals surface area contributed by atoms with Crippen molar-refractivity contribution in [3.05, 3.63) is 17.5 Å². The van der Waals surface area contributed by atoms with E-state index in [1.54, 1.807) is 0 Å². The molecule has 0 fully saturated rings. The lowest BCUT2D eigenvalue weighted by atomic mass is 10.2. The van der Waals surface area contributed by atoms with Gasteiger partial charge in [-0.2, -0.15) is 0 Å². The van der Waals surface area contributed by atoms with Crippen molar-refractivity contribution in [2.24, 2.45) is 0 Å². The number of carbonyl (C=O) groups is 1. The maximum atomic E-state index is 11.5. The van der Waals surface area contributed by atoms with E-state index in [-0.39, 0.29) is 0 Å². The lowest BCUT2D eigenvalue weighted by molar-refractivity contribution is 0.0529. The van der Waals surface area contributed by atoms with Crippen LogP contribution in [0.5, 0.6) is 0 Å². The highest BCUT2D eigenvalue weighted by atomic mass is 16.6. The highest BCUT2D eigenvalue weighted by Crippen LogP contribution is 2.08. The Bertz CT molecular complexity index is 448. The van der Waals surface area contributed by atoms with Crippen LogP contribution in [-0.4, -0.2) is 41.8 Å². The molecular weight excluding hydrogens is 256 g/mol. The third kappa shape index (κ3) is 5.86. The molecule has 0 spiro atoms. The first kappa shape index (κ1) is 16.2. The van der Waals surface area contributed by atoms with Gasteiger partial charge in [0.25, 0.3) is 0 Å². The Morgan fingerprint density at radius 2 is 1.85 bits per heavy atom. The smallest absolute Gasteiger partial charge is 0.407 e. The molecule has 20 heavy (non-hydrogen) atoms. The SMILES string of the molecule is Cc1cc(C)nc(N(C)CCNC(=O)OC(C)(C)C)n1. The lowest BCUT2D eigenvalue weighted by Crippen LogP contribution is -2.37. The van der Waals surface area contributed by atoms with E-state index in [9.17, 15) is 4.79 Å². The average Bonchev–Trinajstić information content (AvgIpc) is 2.24. The summed E-state index contributed by atoms with van der Waals surface area (Å²) in [5.41, 5.74) is 1.38. The molecule has 6 nitrogen and oxygen atoms in total. The summed E-state index contributed by atoms with van der Waals surface area (Å²) in [5, 5.41) is 2.71. The number of nitrogens with zero attached hydrogens (tertiary/aromatic N) is 3. The fourth-order valence-electron chi connectivity index (χ4n) is 1.62. The van der Waals surface area contributed by atoms with Crippen molar-refractivity contribution in [2.45, 2.75) is 40.2 Å². The van der Waals surface area contributed by atoms with Gasteiger partial charge in [0.1, 0.15) is 5.60 Å². The highest BCUT2D eigenvalue weighted by Gasteiger charge is 2.15. The van der Waals surface area contributed by atoms with Gasteiger partial charge in [-0.1, -0.05) is 0 Å². The van der Waals surface area contributed by atoms with Crippen molar-refractivity contribution in [1.29, 1.82) is 0 Å². The van der Waals surface area contributed by atoms with Crippen LogP contribution in [0.4, 0.5) is 10.7 Å². The van der Waals surface area contributed by atoms with Crippen LogP contribution in [0.1, 0.15) is 32.2 Å². The molecule has 1 heterocycles. The van der Waals surface area contributed by atoms with Crippen molar-refractivity contribution < 1.29 is 9.53 Å². The zero-order valence-corrected chi connectivity index (χ0v) is 13.1. The lowest BCUT2D eigenvalue weighted by Gasteiger charge is -2.21. The molecule has 0 atom stereocenters. The summed E-state index contributed by atoms with van der Waals surface area (Å²) in [6.45, 7) is 10.5. The summed E-state index contributed by atoms with van der Waals surface area (Å²) in [7, 11) is 1.89. The standard InChI is InChI=1S/C14H24N4O2/c1-10-9-11(2)17-12(16-10)18(6)8-7-15-13(19)20-14(3,4)5/h9H,7-8H2,1-6H3,(H,15,19). The fraction of sp³-hybridized carbons (Fsp3) is 0.643. The number of nitrogens with one attached hydrogen (secondary N) is 1. The van der Waals surface area contributed by atoms with E-state index in [0.29, 0.717) is 19.0 Å². The van der Waals surface area contributed by atoms with Crippen molar-refractivity contribution in [3.63, 3.8) is 0 Å². The van der Waals surface area contributed by atoms with E-state index in [4.69, 9.17) is 4.74 Å². The number of aryl methyl sites for hydroxylation is 2. The van der Waals surface area contributed by atoms with Gasteiger partial charge in [-0.15, -0.1) is 0 Å². The van der Waals surface area contributed by atoms with Gasteiger partial charge in [-0.25, -0.2) is 14.8 Å². The molecule has 0 bridgehead atoms. The Morgan fingerprint density at radius 3 is 2.35 bits per heavy atom. The number of hydrogen-bond donors (Lipinski definition) is 1. The van der Waals surface area contributed by atoms with Crippen LogP contribution in [0, 0.1) is 13.8 Å². The molecule has 0 radical (unpaired) electrons. The van der Waals surface area contributed by atoms with Gasteiger partial charge in [-0.05, 0) is 40.7 Å². The number of aromatic nitrogens is 2. The number of likely N-dealkylation sites (N-methyl/N-ethyl adjacent to an activating group) is 1. The summed E-state index contributed by atoms with van der Waals surface area (Å²) in [4.78, 5) is 22.1. The van der Waals surface area contributed by atoms with Crippen LogP contribution in [0.3, 0.4) is 0 Å². The van der Waals surface area contributed by atoms with E-state index >= 15 is 0 Å². The maximum absolute atomic E-state index is 11.5. The largest absolute Gasteiger partial charge is 0.444 e. The summed E-state index contributed by atoms with van der Waals surface area (Å²) in [5.74, 6) is 0.661. The minimum absolute atomic E-state index is 0.410. The molecule has 0 aliphatic rings. The number of anilines is 1. The Hall–Kier alpha value is -1.85. The molecule has 1 amide bonds. The van der Waals surface area contributed by atoms with Crippen molar-refractivity contribution in [3.8, 4) is 0 Å². The third-order valence-electron chi connectivity index (χ3n) is 2.43. The minimum Gasteiger partial charge on any atom is -0.444 e. The quantitative estimate of drug-likeness (QED) is 0.914. The molecule has 0 aliphatic heterocycles. The van der Waals surface area contributed by atoms with Crippen LogP contribution in [0.25, 0.3) is 0 Å². The molecule has 0 aliphatic carbocycles. The fourth-order valence-corrected chi connectivity index (χ4v) is 1.62. The molecule has 0 saturated carbocycles. The Kier molecular flexibility index (Phi) is 5.30. The summed E-state index contributed by atoms with van der Waals surface area (Å²) < 4.78 is 5.16. The first-order valence-electron chi connectivity index (χ1n) is 6.67. The van der Waals surface area contributed by atoms with Gasteiger partial charge in [-0.3, -0.25) is 0 Å². The molecule has 1 aromatic heterocycles. The first-order valence-corrected chi connectivity index (χ1v) is 6.67. The Labute approximate surface area is 120 Å². The van der Waals surface area contributed by atoms with Gasteiger partial charge in [0.05, 0.1) is 0 Å². The Balaban J connectivity index is 2.44. The monoisotopic (exact) mass is 280 g/mol. The molecule has 6 heteroatoms. The maximum Gasteiger partial charge on any atom is 0.407 e. The molecule has 1 aromatic rings. The Morgan fingerprint density at radius 1 is 1.30 bits per heavy atom. The third-order valence-corrected chi connectivity index (χ3v) is 2.43. The van der Waals surface area contributed by atoms with Gasteiger partial charge in [0.15, 0.2) is 0 Å². The minimum atomic E-state index is -0.479. The van der Waals surface area contributed by atoms with Gasteiger partial charge in [0, 0.05) is 31.5 Å². The summed E-state index contributed by atoms with van der Waals surface area (Å²) >= 11 is 0. The summed E-state index contributed by atoms with van der Waals surface area (Å²) in [6.07, 6.45) is -0.410. The van der Waals surface area contributed by atoms with E-state index in [1.807, 2.05) is 52.6 Å². The zero-order chi connectivity index (χ0) is 15.3. The second-order valence-electron chi connectivity index (χ2n) is 5.80. The number of alkyl carbamates (subject to hydrolysis) is 1. The second kappa shape index (κ2) is 6.54. The van der Waals surface area contributed by atoms with Crippen LogP contribution in [0.15, 0.2) is 6.07 Å². The topological polar surface area (TPSA) is 67.4 Å². The number of ether oxygens (including phenoxy) is 1. The number of amides is 1. The second-order valence-corrected chi connectivity index (χ2v) is 5.80. The normalized spacial score (nSPS) is 11.1. The van der Waals surface area contributed by atoms with Crippen LogP contribution in [-0.2, 0) is 4.74 Å². The highest BCUT2D eigenvalue weighted by molar-refractivity contribution is 5.67. The molecule has 1 N–H and O–H groups in total. The number of rotatable bonds is 4. The van der Waals surface area contributed by atoms with E-state index in [1.165, 1.54) is 0 Å². The molecule has 0 saturated heterocycles. The predicted octanol–water partition coefficient (Wildman–Crippen LogP) is 2.05. The first-order chi connectivity index (χ1) is 9.17. The van der Waals surface area contributed by atoms with Crippen LogP contribution >= 0.6 is 0 Å². The van der Waals surface area contributed by atoms with E-state index in [0.717, 1.165) is 11.4 Å². The average molecular weight is 280 g/mol. The molecule has 0 unspecified atom stereocenters. The summed E-state index contributed by atoms with van der Waals surface area (Å²) in [6, 6.07) is 1.93. The van der Waals surface area contributed by atoms with Crippen molar-refractivity contribution in [1.82, 2.24) is 15.3 Å². The number of hydrogen-bond acceptors (Lipinski definition) is 5. The van der Waals surface area contributed by atoms with Crippen molar-refractivity contribution in [2.75, 3.05) is 25.0 Å². The van der Waals surface area contributed by atoms with Gasteiger partial charge >= 0.3 is 6.09 Å². The van der Waals surface area contributed by atoms with Crippen molar-refractivity contribution >= 4 is 12.0 Å². The molecule has 1 rings (SSSR count). The van der Waals surface area contributed by atoms with E-state index < -0.39 is 11.7 Å². The molecule has 112 valence electrons. The van der Waals surface area contributed by atoms with Crippen LogP contribution < -0.4 is 10.2 Å². The van der Waals surface area contributed by atoms with Gasteiger partial charge < -0.3 is 15.0 Å². The van der Waals surface area contributed by atoms with E-state index in [2.05, 4.69) is 15.3 Å². The predicted molar refractivity (Wildman–Crippen MR) is 79.0 cm³/mol. The zero-order valence-electron chi connectivity index (χ0n) is 13.1. The molecular formula is C14H24N4O2. The van der Waals surface area contributed by atoms with Gasteiger partial charge in [0.2, 0.25) is 5.95 Å².